The normalized spacial score (nSPS) is 13.7. The first-order chi connectivity index (χ1) is 10.3. The van der Waals surface area contributed by atoms with Crippen molar-refractivity contribution < 1.29 is 4.39 Å². The highest BCUT2D eigenvalue weighted by atomic mass is 19.1. The summed E-state index contributed by atoms with van der Waals surface area (Å²) in [5.74, 6) is 0.704. The fourth-order valence-electron chi connectivity index (χ4n) is 2.43. The molecule has 0 unspecified atom stereocenters. The van der Waals surface area contributed by atoms with Crippen LogP contribution >= 0.6 is 0 Å². The number of rotatable bonds is 5. The molecule has 1 aliphatic carbocycles. The molecule has 1 aromatic heterocycles. The molecule has 1 aromatic carbocycles. The van der Waals surface area contributed by atoms with Crippen molar-refractivity contribution in [3.8, 4) is 6.07 Å². The quantitative estimate of drug-likeness (QED) is 0.844. The van der Waals surface area contributed by atoms with E-state index in [1.54, 1.807) is 24.4 Å². The molecule has 4 heteroatoms. The van der Waals surface area contributed by atoms with Crippen LogP contribution in [0.1, 0.15) is 24.0 Å². The van der Waals surface area contributed by atoms with E-state index < -0.39 is 0 Å². The van der Waals surface area contributed by atoms with Crippen LogP contribution in [-0.4, -0.2) is 17.6 Å². The predicted octanol–water partition coefficient (Wildman–Crippen LogP) is 3.30. The van der Waals surface area contributed by atoms with Gasteiger partial charge in [-0.3, -0.25) is 0 Å². The summed E-state index contributed by atoms with van der Waals surface area (Å²) in [4.78, 5) is 6.63. The van der Waals surface area contributed by atoms with E-state index in [2.05, 4.69) is 16.0 Å². The summed E-state index contributed by atoms with van der Waals surface area (Å²) in [7, 11) is 0. The molecule has 0 amide bonds. The fourth-order valence-corrected chi connectivity index (χ4v) is 2.43. The number of benzene rings is 1. The van der Waals surface area contributed by atoms with E-state index in [9.17, 15) is 4.39 Å². The highest BCUT2D eigenvalue weighted by molar-refractivity contribution is 5.44. The minimum Gasteiger partial charge on any atom is -0.353 e. The topological polar surface area (TPSA) is 39.9 Å². The maximum atomic E-state index is 13.2. The van der Waals surface area contributed by atoms with Crippen LogP contribution in [0.15, 0.2) is 42.6 Å². The average Bonchev–Trinajstić information content (AvgIpc) is 3.33. The number of hydrogen-bond donors (Lipinski definition) is 0. The van der Waals surface area contributed by atoms with E-state index in [-0.39, 0.29) is 5.82 Å². The summed E-state index contributed by atoms with van der Waals surface area (Å²) in [5.41, 5.74) is 1.56. The summed E-state index contributed by atoms with van der Waals surface area (Å²) >= 11 is 0. The van der Waals surface area contributed by atoms with E-state index in [4.69, 9.17) is 5.26 Å². The third-order valence-electron chi connectivity index (χ3n) is 3.69. The Morgan fingerprint density at radius 2 is 2.14 bits per heavy atom. The number of halogens is 1. The van der Waals surface area contributed by atoms with Gasteiger partial charge >= 0.3 is 0 Å². The van der Waals surface area contributed by atoms with Crippen LogP contribution < -0.4 is 4.90 Å². The molecule has 3 rings (SSSR count). The summed E-state index contributed by atoms with van der Waals surface area (Å²) in [6.45, 7) is 0.813. The molecule has 1 heterocycles. The Bertz CT molecular complexity index is 656. The number of anilines is 1. The lowest BCUT2D eigenvalue weighted by atomic mass is 10.1. The molecule has 0 radical (unpaired) electrons. The lowest BCUT2D eigenvalue weighted by molar-refractivity contribution is 0.624. The maximum absolute atomic E-state index is 13.2. The second-order valence-electron chi connectivity index (χ2n) is 5.32. The standard InChI is InChI=1S/C17H16FN3/c18-15-3-1-2-13(10-15)8-9-21(16-5-6-16)17-7-4-14(11-19)12-20-17/h1-4,7,10,12,16H,5-6,8-9H2. The van der Waals surface area contributed by atoms with Crippen LogP contribution in [0, 0.1) is 17.1 Å². The van der Waals surface area contributed by atoms with Gasteiger partial charge in [-0.15, -0.1) is 0 Å². The molecular formula is C17H16FN3. The number of pyridine rings is 1. The zero-order valence-electron chi connectivity index (χ0n) is 11.7. The molecule has 1 saturated carbocycles. The molecular weight excluding hydrogens is 265 g/mol. The molecule has 1 fully saturated rings. The van der Waals surface area contributed by atoms with E-state index in [1.807, 2.05) is 12.1 Å². The predicted molar refractivity (Wildman–Crippen MR) is 79.4 cm³/mol. The largest absolute Gasteiger partial charge is 0.353 e. The molecule has 1 aliphatic rings. The molecule has 21 heavy (non-hydrogen) atoms. The van der Waals surface area contributed by atoms with Gasteiger partial charge in [0.05, 0.1) is 5.56 Å². The molecule has 0 bridgehead atoms. The van der Waals surface area contributed by atoms with Gasteiger partial charge in [0.2, 0.25) is 0 Å². The summed E-state index contributed by atoms with van der Waals surface area (Å²) in [5, 5.41) is 8.83. The number of aromatic nitrogens is 1. The van der Waals surface area contributed by atoms with Crippen molar-refractivity contribution >= 4 is 5.82 Å². The monoisotopic (exact) mass is 281 g/mol. The number of nitriles is 1. The molecule has 106 valence electrons. The van der Waals surface area contributed by atoms with E-state index in [1.165, 1.54) is 18.9 Å². The van der Waals surface area contributed by atoms with Crippen LogP contribution in [0.2, 0.25) is 0 Å². The Hall–Kier alpha value is -2.41. The SMILES string of the molecule is N#Cc1ccc(N(CCc2cccc(F)c2)C2CC2)nc1. The molecule has 0 spiro atoms. The summed E-state index contributed by atoms with van der Waals surface area (Å²) < 4.78 is 13.2. The van der Waals surface area contributed by atoms with Crippen LogP contribution in [0.4, 0.5) is 10.2 Å². The second kappa shape index (κ2) is 5.92. The minimum absolute atomic E-state index is 0.193. The Morgan fingerprint density at radius 1 is 1.29 bits per heavy atom. The Morgan fingerprint density at radius 3 is 2.76 bits per heavy atom. The van der Waals surface area contributed by atoms with Crippen LogP contribution in [0.3, 0.4) is 0 Å². The number of hydrogen-bond acceptors (Lipinski definition) is 3. The van der Waals surface area contributed by atoms with Gasteiger partial charge in [-0.2, -0.15) is 5.26 Å². The molecule has 0 atom stereocenters. The molecule has 0 aliphatic heterocycles. The highest BCUT2D eigenvalue weighted by Crippen LogP contribution is 2.30. The van der Waals surface area contributed by atoms with Crippen molar-refractivity contribution in [3.63, 3.8) is 0 Å². The van der Waals surface area contributed by atoms with Gasteiger partial charge in [-0.25, -0.2) is 9.37 Å². The highest BCUT2D eigenvalue weighted by Gasteiger charge is 2.29. The first kappa shape index (κ1) is 13.6. The van der Waals surface area contributed by atoms with Crippen molar-refractivity contribution in [2.24, 2.45) is 0 Å². The summed E-state index contributed by atoms with van der Waals surface area (Å²) in [6.07, 6.45) is 4.73. The zero-order valence-corrected chi connectivity index (χ0v) is 11.7. The molecule has 2 aromatic rings. The second-order valence-corrected chi connectivity index (χ2v) is 5.32. The van der Waals surface area contributed by atoms with Gasteiger partial charge in [0.25, 0.3) is 0 Å². The van der Waals surface area contributed by atoms with E-state index in [0.29, 0.717) is 11.6 Å². The van der Waals surface area contributed by atoms with Gasteiger partial charge in [0, 0.05) is 18.8 Å². The minimum atomic E-state index is -0.193. The van der Waals surface area contributed by atoms with Crippen molar-refractivity contribution in [3.05, 3.63) is 59.5 Å². The van der Waals surface area contributed by atoms with Crippen molar-refractivity contribution in [1.29, 1.82) is 5.26 Å². The average molecular weight is 281 g/mol. The smallest absolute Gasteiger partial charge is 0.128 e. The molecule has 0 N–H and O–H groups in total. The zero-order chi connectivity index (χ0) is 14.7. The first-order valence-electron chi connectivity index (χ1n) is 7.13. The van der Waals surface area contributed by atoms with Gasteiger partial charge in [-0.05, 0) is 49.1 Å². The van der Waals surface area contributed by atoms with E-state index >= 15 is 0 Å². The van der Waals surface area contributed by atoms with Gasteiger partial charge in [0.1, 0.15) is 17.7 Å². The fraction of sp³-hybridized carbons (Fsp3) is 0.294. The molecule has 3 nitrogen and oxygen atoms in total. The summed E-state index contributed by atoms with van der Waals surface area (Å²) in [6, 6.07) is 13.0. The lowest BCUT2D eigenvalue weighted by Gasteiger charge is -2.23. The third kappa shape index (κ3) is 3.38. The van der Waals surface area contributed by atoms with Gasteiger partial charge in [-0.1, -0.05) is 12.1 Å². The third-order valence-corrected chi connectivity index (χ3v) is 3.69. The van der Waals surface area contributed by atoms with Crippen LogP contribution in [0.5, 0.6) is 0 Å². The Balaban J connectivity index is 1.71. The van der Waals surface area contributed by atoms with E-state index in [0.717, 1.165) is 24.3 Å². The van der Waals surface area contributed by atoms with Crippen molar-refractivity contribution in [2.45, 2.75) is 25.3 Å². The number of nitrogens with zero attached hydrogens (tertiary/aromatic N) is 3. The Kier molecular flexibility index (Phi) is 3.83. The van der Waals surface area contributed by atoms with Crippen molar-refractivity contribution in [1.82, 2.24) is 4.98 Å². The lowest BCUT2D eigenvalue weighted by Crippen LogP contribution is -2.29. The maximum Gasteiger partial charge on any atom is 0.128 e. The van der Waals surface area contributed by atoms with Crippen molar-refractivity contribution in [2.75, 3.05) is 11.4 Å². The van der Waals surface area contributed by atoms with Crippen LogP contribution in [-0.2, 0) is 6.42 Å². The van der Waals surface area contributed by atoms with Crippen LogP contribution in [0.25, 0.3) is 0 Å². The van der Waals surface area contributed by atoms with Gasteiger partial charge in [0.15, 0.2) is 0 Å². The Labute approximate surface area is 123 Å². The molecule has 0 saturated heterocycles. The first-order valence-corrected chi connectivity index (χ1v) is 7.13. The van der Waals surface area contributed by atoms with Gasteiger partial charge < -0.3 is 4.90 Å².